The number of nitrogens with zero attached hydrogens (tertiary/aromatic N) is 5. The van der Waals surface area contributed by atoms with Crippen molar-refractivity contribution in [2.45, 2.75) is 32.9 Å². The predicted molar refractivity (Wildman–Crippen MR) is 112 cm³/mol. The van der Waals surface area contributed by atoms with E-state index in [2.05, 4.69) is 69.1 Å². The molecule has 2 aromatic carbocycles. The average molecular weight is 369 g/mol. The van der Waals surface area contributed by atoms with E-state index in [1.165, 1.54) is 11.1 Å². The monoisotopic (exact) mass is 369 g/mol. The van der Waals surface area contributed by atoms with E-state index in [1.54, 1.807) is 0 Å². The topological polar surface area (TPSA) is 46.8 Å². The van der Waals surface area contributed by atoms with Crippen LogP contribution in [0.1, 0.15) is 24.9 Å². The number of pyridine rings is 1. The van der Waals surface area contributed by atoms with Crippen molar-refractivity contribution in [3.05, 3.63) is 72.2 Å². The van der Waals surface area contributed by atoms with E-state index in [-0.39, 0.29) is 0 Å². The molecule has 0 unspecified atom stereocenters. The predicted octanol–water partition coefficient (Wildman–Crippen LogP) is 4.47. The molecule has 0 aliphatic carbocycles. The molecule has 0 saturated carbocycles. The number of benzene rings is 2. The second kappa shape index (κ2) is 7.08. The summed E-state index contributed by atoms with van der Waals surface area (Å²) in [6.07, 6.45) is 2.10. The van der Waals surface area contributed by atoms with Gasteiger partial charge in [-0.15, -0.1) is 10.2 Å². The van der Waals surface area contributed by atoms with Gasteiger partial charge in [0.15, 0.2) is 11.6 Å². The maximum atomic E-state index is 4.85. The first-order valence-electron chi connectivity index (χ1n) is 9.94. The van der Waals surface area contributed by atoms with Crippen LogP contribution in [-0.2, 0) is 19.5 Å². The number of aryl methyl sites for hydroxylation is 1. The molecule has 0 radical (unpaired) electrons. The van der Waals surface area contributed by atoms with Crippen molar-refractivity contribution in [3.63, 3.8) is 0 Å². The molecule has 3 heterocycles. The first-order valence-corrected chi connectivity index (χ1v) is 9.94. The van der Waals surface area contributed by atoms with Crippen molar-refractivity contribution in [3.8, 4) is 11.4 Å². The maximum Gasteiger partial charge on any atom is 0.164 e. The summed E-state index contributed by atoms with van der Waals surface area (Å²) in [7, 11) is 0. The molecule has 5 nitrogen and oxygen atoms in total. The molecule has 1 aliphatic heterocycles. The molecule has 0 saturated heterocycles. The molecular weight excluding hydrogens is 346 g/mol. The lowest BCUT2D eigenvalue weighted by atomic mass is 10.1. The molecule has 140 valence electrons. The van der Waals surface area contributed by atoms with Gasteiger partial charge in [-0.2, -0.15) is 0 Å². The van der Waals surface area contributed by atoms with Gasteiger partial charge in [0.2, 0.25) is 0 Å². The number of hydrogen-bond acceptors (Lipinski definition) is 4. The lowest BCUT2D eigenvalue weighted by Gasteiger charge is -2.31. The highest BCUT2D eigenvalue weighted by Gasteiger charge is 2.23. The van der Waals surface area contributed by atoms with Gasteiger partial charge in [0, 0.05) is 35.4 Å². The number of rotatable bonds is 4. The van der Waals surface area contributed by atoms with E-state index in [1.807, 2.05) is 18.2 Å². The Kier molecular flexibility index (Phi) is 4.28. The number of hydrogen-bond donors (Lipinski definition) is 0. The third-order valence-electron chi connectivity index (χ3n) is 5.38. The molecule has 0 bridgehead atoms. The lowest BCUT2D eigenvalue weighted by Crippen LogP contribution is -2.34. The van der Waals surface area contributed by atoms with Gasteiger partial charge in [-0.1, -0.05) is 61.9 Å². The Bertz CT molecular complexity index is 1120. The van der Waals surface area contributed by atoms with Crippen LogP contribution in [0.4, 0.5) is 5.69 Å². The zero-order valence-corrected chi connectivity index (χ0v) is 16.0. The minimum Gasteiger partial charge on any atom is -0.362 e. The molecule has 0 spiro atoms. The summed E-state index contributed by atoms with van der Waals surface area (Å²) in [5, 5.41) is 10.2. The molecule has 0 atom stereocenters. The largest absolute Gasteiger partial charge is 0.362 e. The van der Waals surface area contributed by atoms with Gasteiger partial charge >= 0.3 is 0 Å². The van der Waals surface area contributed by atoms with Crippen LogP contribution >= 0.6 is 0 Å². The van der Waals surface area contributed by atoms with Crippen molar-refractivity contribution < 1.29 is 0 Å². The van der Waals surface area contributed by atoms with Crippen molar-refractivity contribution in [2.75, 3.05) is 11.4 Å². The Balaban J connectivity index is 1.53. The van der Waals surface area contributed by atoms with Crippen LogP contribution in [-0.4, -0.2) is 26.3 Å². The van der Waals surface area contributed by atoms with E-state index in [0.717, 1.165) is 60.9 Å². The standard InChI is InChI=1S/C23H23N5/c1-2-8-18-15-21(19-11-6-7-12-20(19)24-18)27-13-14-28-22(16-27)25-26-23(28)17-9-4-3-5-10-17/h3-7,9-12,15H,2,8,13-14,16H2,1H3. The Morgan fingerprint density at radius 1 is 0.929 bits per heavy atom. The van der Waals surface area contributed by atoms with Gasteiger partial charge in [0.1, 0.15) is 0 Å². The highest BCUT2D eigenvalue weighted by molar-refractivity contribution is 5.92. The summed E-state index contributed by atoms with van der Waals surface area (Å²) in [4.78, 5) is 7.27. The van der Waals surface area contributed by atoms with Gasteiger partial charge in [-0.3, -0.25) is 4.98 Å². The number of aromatic nitrogens is 4. The molecule has 0 amide bonds. The van der Waals surface area contributed by atoms with Gasteiger partial charge in [-0.05, 0) is 18.6 Å². The van der Waals surface area contributed by atoms with Gasteiger partial charge in [0.05, 0.1) is 12.1 Å². The Morgan fingerprint density at radius 2 is 1.75 bits per heavy atom. The van der Waals surface area contributed by atoms with Gasteiger partial charge in [0.25, 0.3) is 0 Å². The second-order valence-corrected chi connectivity index (χ2v) is 7.28. The fourth-order valence-corrected chi connectivity index (χ4v) is 4.02. The van der Waals surface area contributed by atoms with E-state index < -0.39 is 0 Å². The first-order chi connectivity index (χ1) is 13.8. The highest BCUT2D eigenvalue weighted by atomic mass is 15.3. The molecule has 28 heavy (non-hydrogen) atoms. The first kappa shape index (κ1) is 16.9. The van der Waals surface area contributed by atoms with Crippen molar-refractivity contribution in [2.24, 2.45) is 0 Å². The summed E-state index contributed by atoms with van der Waals surface area (Å²) in [5.74, 6) is 1.98. The molecule has 0 fully saturated rings. The molecule has 5 rings (SSSR count). The molecule has 0 N–H and O–H groups in total. The summed E-state index contributed by atoms with van der Waals surface area (Å²) in [6, 6.07) is 21.0. The Morgan fingerprint density at radius 3 is 2.61 bits per heavy atom. The van der Waals surface area contributed by atoms with Crippen LogP contribution in [0.5, 0.6) is 0 Å². The Labute approximate surface area is 164 Å². The second-order valence-electron chi connectivity index (χ2n) is 7.28. The van der Waals surface area contributed by atoms with Gasteiger partial charge in [-0.25, -0.2) is 0 Å². The number of fused-ring (bicyclic) bond motifs is 2. The number of para-hydroxylation sites is 1. The smallest absolute Gasteiger partial charge is 0.164 e. The molecule has 2 aromatic heterocycles. The van der Waals surface area contributed by atoms with Crippen LogP contribution in [0.2, 0.25) is 0 Å². The number of anilines is 1. The fraction of sp³-hybridized carbons (Fsp3) is 0.261. The summed E-state index contributed by atoms with van der Waals surface area (Å²) in [6.45, 7) is 4.78. The molecular formula is C23H23N5. The average Bonchev–Trinajstić information content (AvgIpc) is 3.17. The van der Waals surface area contributed by atoms with Crippen LogP contribution in [0.3, 0.4) is 0 Å². The zero-order chi connectivity index (χ0) is 18.9. The zero-order valence-electron chi connectivity index (χ0n) is 16.0. The van der Waals surface area contributed by atoms with Crippen molar-refractivity contribution in [1.29, 1.82) is 0 Å². The lowest BCUT2D eigenvalue weighted by molar-refractivity contribution is 0.564. The van der Waals surface area contributed by atoms with Crippen LogP contribution in [0.15, 0.2) is 60.7 Å². The van der Waals surface area contributed by atoms with Gasteiger partial charge < -0.3 is 9.47 Å². The molecule has 5 heteroatoms. The van der Waals surface area contributed by atoms with Crippen LogP contribution in [0, 0.1) is 0 Å². The normalized spacial score (nSPS) is 13.7. The minimum absolute atomic E-state index is 0.763. The molecule has 1 aliphatic rings. The highest BCUT2D eigenvalue weighted by Crippen LogP contribution is 2.31. The molecule has 4 aromatic rings. The maximum absolute atomic E-state index is 4.85. The quantitative estimate of drug-likeness (QED) is 0.533. The summed E-state index contributed by atoms with van der Waals surface area (Å²) >= 11 is 0. The summed E-state index contributed by atoms with van der Waals surface area (Å²) < 4.78 is 2.25. The van der Waals surface area contributed by atoms with Crippen molar-refractivity contribution >= 4 is 16.6 Å². The Hall–Kier alpha value is -3.21. The van der Waals surface area contributed by atoms with E-state index in [0.29, 0.717) is 0 Å². The van der Waals surface area contributed by atoms with E-state index in [9.17, 15) is 0 Å². The van der Waals surface area contributed by atoms with E-state index >= 15 is 0 Å². The van der Waals surface area contributed by atoms with Crippen LogP contribution < -0.4 is 4.90 Å². The minimum atomic E-state index is 0.763. The van der Waals surface area contributed by atoms with Crippen LogP contribution in [0.25, 0.3) is 22.3 Å². The van der Waals surface area contributed by atoms with E-state index in [4.69, 9.17) is 4.98 Å². The van der Waals surface area contributed by atoms with Crippen molar-refractivity contribution in [1.82, 2.24) is 19.7 Å². The fourth-order valence-electron chi connectivity index (χ4n) is 4.02. The summed E-state index contributed by atoms with van der Waals surface area (Å²) in [5.41, 5.74) is 4.60. The SMILES string of the molecule is CCCc1cc(N2CCn3c(nnc3-c3ccccc3)C2)c2ccccc2n1. The third kappa shape index (κ3) is 2.93. The third-order valence-corrected chi connectivity index (χ3v) is 5.38.